The highest BCUT2D eigenvalue weighted by Gasteiger charge is 2.13. The van der Waals surface area contributed by atoms with Gasteiger partial charge in [-0.1, -0.05) is 12.1 Å². The third kappa shape index (κ3) is 2.35. The van der Waals surface area contributed by atoms with Crippen molar-refractivity contribution in [1.82, 2.24) is 0 Å². The number of anilines is 1. The van der Waals surface area contributed by atoms with Gasteiger partial charge in [-0.3, -0.25) is 4.79 Å². The Morgan fingerprint density at radius 3 is 3.00 bits per heavy atom. The molecular formula is C13H17NO2. The van der Waals surface area contributed by atoms with E-state index in [-0.39, 0.29) is 12.5 Å². The fourth-order valence-electron chi connectivity index (χ4n) is 2.19. The minimum absolute atomic E-state index is 0.228. The van der Waals surface area contributed by atoms with Gasteiger partial charge in [0, 0.05) is 5.69 Å². The van der Waals surface area contributed by atoms with Crippen LogP contribution in [0.1, 0.15) is 24.0 Å². The van der Waals surface area contributed by atoms with E-state index in [1.807, 2.05) is 12.1 Å². The summed E-state index contributed by atoms with van der Waals surface area (Å²) in [6.07, 6.45) is 4.78. The standard InChI is InChI=1S/C13H17NO2/c1-16-13(15)9-14-12-8-4-6-10-5-2-3-7-11(10)12/h4,6,8,14H,2-3,5,7,9H2,1H3. The summed E-state index contributed by atoms with van der Waals surface area (Å²) in [6.45, 7) is 0.243. The molecule has 0 bridgehead atoms. The van der Waals surface area contributed by atoms with Crippen LogP contribution in [-0.4, -0.2) is 19.6 Å². The number of nitrogens with one attached hydrogen (secondary N) is 1. The molecule has 0 radical (unpaired) electrons. The maximum absolute atomic E-state index is 11.1. The zero-order chi connectivity index (χ0) is 11.4. The lowest BCUT2D eigenvalue weighted by Crippen LogP contribution is -2.17. The Labute approximate surface area is 95.8 Å². The molecular weight excluding hydrogens is 202 g/mol. The van der Waals surface area contributed by atoms with E-state index in [4.69, 9.17) is 0 Å². The van der Waals surface area contributed by atoms with Crippen LogP contribution < -0.4 is 5.32 Å². The van der Waals surface area contributed by atoms with Gasteiger partial charge >= 0.3 is 5.97 Å². The van der Waals surface area contributed by atoms with Crippen LogP contribution in [0.15, 0.2) is 18.2 Å². The molecule has 0 atom stereocenters. The van der Waals surface area contributed by atoms with Gasteiger partial charge in [0.1, 0.15) is 6.54 Å². The molecule has 0 saturated carbocycles. The van der Waals surface area contributed by atoms with Gasteiger partial charge in [0.2, 0.25) is 0 Å². The maximum Gasteiger partial charge on any atom is 0.325 e. The van der Waals surface area contributed by atoms with Crippen LogP contribution in [0.25, 0.3) is 0 Å². The van der Waals surface area contributed by atoms with E-state index < -0.39 is 0 Å². The van der Waals surface area contributed by atoms with Crippen LogP contribution in [0, 0.1) is 0 Å². The lowest BCUT2D eigenvalue weighted by molar-refractivity contribution is -0.138. The van der Waals surface area contributed by atoms with E-state index in [1.54, 1.807) is 0 Å². The largest absolute Gasteiger partial charge is 0.468 e. The van der Waals surface area contributed by atoms with Crippen LogP contribution in [0.4, 0.5) is 5.69 Å². The lowest BCUT2D eigenvalue weighted by atomic mass is 9.90. The molecule has 16 heavy (non-hydrogen) atoms. The molecule has 0 amide bonds. The monoisotopic (exact) mass is 219 g/mol. The second-order valence-electron chi connectivity index (χ2n) is 4.08. The molecule has 1 aromatic carbocycles. The third-order valence-corrected chi connectivity index (χ3v) is 3.05. The van der Waals surface area contributed by atoms with Gasteiger partial charge in [-0.15, -0.1) is 0 Å². The highest BCUT2D eigenvalue weighted by atomic mass is 16.5. The van der Waals surface area contributed by atoms with Crippen molar-refractivity contribution in [3.63, 3.8) is 0 Å². The smallest absolute Gasteiger partial charge is 0.325 e. The van der Waals surface area contributed by atoms with E-state index in [9.17, 15) is 4.79 Å². The molecule has 2 rings (SSSR count). The number of benzene rings is 1. The minimum Gasteiger partial charge on any atom is -0.468 e. The van der Waals surface area contributed by atoms with Crippen LogP contribution in [0.5, 0.6) is 0 Å². The van der Waals surface area contributed by atoms with Gasteiger partial charge in [-0.2, -0.15) is 0 Å². The summed E-state index contributed by atoms with van der Waals surface area (Å²) in [6, 6.07) is 6.26. The number of carbonyl (C=O) groups excluding carboxylic acids is 1. The van der Waals surface area contributed by atoms with E-state index >= 15 is 0 Å². The van der Waals surface area contributed by atoms with Gasteiger partial charge in [-0.25, -0.2) is 0 Å². The van der Waals surface area contributed by atoms with Crippen molar-refractivity contribution in [3.05, 3.63) is 29.3 Å². The molecule has 1 aromatic rings. The molecule has 1 aliphatic rings. The number of fused-ring (bicyclic) bond motifs is 1. The molecule has 0 spiro atoms. The summed E-state index contributed by atoms with van der Waals surface area (Å²) >= 11 is 0. The number of carbonyl (C=O) groups is 1. The predicted octanol–water partition coefficient (Wildman–Crippen LogP) is 2.15. The molecule has 0 saturated heterocycles. The molecule has 0 heterocycles. The average molecular weight is 219 g/mol. The number of ether oxygens (including phenoxy) is 1. The SMILES string of the molecule is COC(=O)CNc1cccc2c1CCCC2. The first-order valence-electron chi connectivity index (χ1n) is 5.72. The Morgan fingerprint density at radius 2 is 2.19 bits per heavy atom. The number of hydrogen-bond donors (Lipinski definition) is 1. The van der Waals surface area contributed by atoms with E-state index in [2.05, 4.69) is 16.1 Å². The van der Waals surface area contributed by atoms with E-state index in [0.29, 0.717) is 0 Å². The normalized spacial score (nSPS) is 14.1. The van der Waals surface area contributed by atoms with Crippen LogP contribution in [0.2, 0.25) is 0 Å². The number of esters is 1. The third-order valence-electron chi connectivity index (χ3n) is 3.05. The topological polar surface area (TPSA) is 38.3 Å². The van der Waals surface area contributed by atoms with Crippen molar-refractivity contribution < 1.29 is 9.53 Å². The second-order valence-corrected chi connectivity index (χ2v) is 4.08. The van der Waals surface area contributed by atoms with Crippen LogP contribution in [-0.2, 0) is 22.4 Å². The van der Waals surface area contributed by atoms with Crippen molar-refractivity contribution in [2.24, 2.45) is 0 Å². The van der Waals surface area contributed by atoms with Gasteiger partial charge in [0.25, 0.3) is 0 Å². The molecule has 0 fully saturated rings. The summed E-state index contributed by atoms with van der Waals surface area (Å²) in [5.41, 5.74) is 3.88. The molecule has 3 nitrogen and oxygen atoms in total. The fraction of sp³-hybridized carbons (Fsp3) is 0.462. The Morgan fingerprint density at radius 1 is 1.38 bits per heavy atom. The van der Waals surface area contributed by atoms with Gasteiger partial charge in [0.15, 0.2) is 0 Å². The first kappa shape index (κ1) is 11.0. The van der Waals surface area contributed by atoms with Crippen molar-refractivity contribution >= 4 is 11.7 Å². The van der Waals surface area contributed by atoms with Crippen LogP contribution in [0.3, 0.4) is 0 Å². The number of hydrogen-bond acceptors (Lipinski definition) is 3. The first-order valence-corrected chi connectivity index (χ1v) is 5.72. The molecule has 1 aliphatic carbocycles. The lowest BCUT2D eigenvalue weighted by Gasteiger charge is -2.19. The predicted molar refractivity (Wildman–Crippen MR) is 63.6 cm³/mol. The van der Waals surface area contributed by atoms with E-state index in [1.165, 1.54) is 31.1 Å². The maximum atomic E-state index is 11.1. The molecule has 86 valence electrons. The van der Waals surface area contributed by atoms with Crippen molar-refractivity contribution in [2.45, 2.75) is 25.7 Å². The molecule has 0 aliphatic heterocycles. The molecule has 0 aromatic heterocycles. The highest BCUT2D eigenvalue weighted by Crippen LogP contribution is 2.27. The number of aryl methyl sites for hydroxylation is 1. The Balaban J connectivity index is 2.11. The number of rotatable bonds is 3. The summed E-state index contributed by atoms with van der Waals surface area (Å²) in [4.78, 5) is 11.1. The highest BCUT2D eigenvalue weighted by molar-refractivity contribution is 5.75. The Bertz CT molecular complexity index is 388. The quantitative estimate of drug-likeness (QED) is 0.792. The van der Waals surface area contributed by atoms with Crippen LogP contribution >= 0.6 is 0 Å². The zero-order valence-electron chi connectivity index (χ0n) is 9.58. The second kappa shape index (κ2) is 5.01. The van der Waals surface area contributed by atoms with Gasteiger partial charge in [-0.05, 0) is 42.9 Å². The molecule has 3 heteroatoms. The summed E-state index contributed by atoms with van der Waals surface area (Å²) in [5.74, 6) is -0.228. The van der Waals surface area contributed by atoms with Crippen molar-refractivity contribution in [3.8, 4) is 0 Å². The van der Waals surface area contributed by atoms with Gasteiger partial charge in [0.05, 0.1) is 7.11 Å². The Kier molecular flexibility index (Phi) is 3.44. The number of methoxy groups -OCH3 is 1. The summed E-state index contributed by atoms with van der Waals surface area (Å²) in [5, 5.41) is 3.15. The Hall–Kier alpha value is -1.51. The fourth-order valence-corrected chi connectivity index (χ4v) is 2.19. The zero-order valence-corrected chi connectivity index (χ0v) is 9.58. The van der Waals surface area contributed by atoms with Gasteiger partial charge < -0.3 is 10.1 Å². The summed E-state index contributed by atoms with van der Waals surface area (Å²) < 4.78 is 4.61. The van der Waals surface area contributed by atoms with Crippen molar-refractivity contribution in [1.29, 1.82) is 0 Å². The first-order chi connectivity index (χ1) is 7.81. The average Bonchev–Trinajstić information content (AvgIpc) is 2.35. The minimum atomic E-state index is -0.228. The summed E-state index contributed by atoms with van der Waals surface area (Å²) in [7, 11) is 1.41. The molecule has 1 N–H and O–H groups in total. The van der Waals surface area contributed by atoms with E-state index in [0.717, 1.165) is 18.5 Å². The molecule has 0 unspecified atom stereocenters. The van der Waals surface area contributed by atoms with Crippen molar-refractivity contribution in [2.75, 3.05) is 19.0 Å².